The molecule has 0 aromatic carbocycles. The highest BCUT2D eigenvalue weighted by Crippen LogP contribution is 2.26. The third kappa shape index (κ3) is 41.5. The lowest BCUT2D eigenvalue weighted by Crippen LogP contribution is -2.61. The Morgan fingerprint density at radius 3 is 1.28 bits per heavy atom. The van der Waals surface area contributed by atoms with Crippen molar-refractivity contribution in [2.24, 2.45) is 0 Å². The average molecular weight is 1060 g/mol. The van der Waals surface area contributed by atoms with E-state index in [1.807, 2.05) is 0 Å². The van der Waals surface area contributed by atoms with Crippen molar-refractivity contribution in [2.75, 3.05) is 13.2 Å². The molecule has 0 spiro atoms. The van der Waals surface area contributed by atoms with E-state index in [0.717, 1.165) is 116 Å². The maximum atomic E-state index is 13.1. The normalized spacial score (nSPS) is 18.4. The lowest BCUT2D eigenvalue weighted by Gasteiger charge is -2.40. The molecule has 1 heterocycles. The number of unbranched alkanes of at least 4 members (excludes halogenated alkanes) is 30. The lowest BCUT2D eigenvalue weighted by atomic mass is 9.98. The fourth-order valence-corrected chi connectivity index (χ4v) is 9.08. The Labute approximate surface area is 456 Å². The van der Waals surface area contributed by atoms with E-state index in [1.54, 1.807) is 0 Å². The van der Waals surface area contributed by atoms with Crippen molar-refractivity contribution >= 4 is 23.9 Å². The standard InChI is InChI=1S/C63H110O12/c1-4-7-10-13-16-19-22-24-26-27-28-29-31-33-36-39-42-45-48-51-57(66)74-61-59(68)58(67)60(62(69)70)75-63(61)72-53-54(73-56(65)50-47-44-41-38-34-21-18-15-12-9-6-3)52-71-55(64)49-46-43-40-37-35-32-30-25-23-20-17-14-11-8-5-2/h15,17-18,20,24-26,30,54,58-61,63,67-68H,4-14,16,19,21-23,27-29,31-53H2,1-3H3,(H,69,70)/b18-15-,20-17-,26-24-,30-25-. The van der Waals surface area contributed by atoms with Gasteiger partial charge in [0, 0.05) is 19.3 Å². The zero-order valence-electron chi connectivity index (χ0n) is 47.8. The van der Waals surface area contributed by atoms with Gasteiger partial charge in [0.25, 0.3) is 0 Å². The number of carbonyl (C=O) groups excluding carboxylic acids is 3. The highest BCUT2D eigenvalue weighted by atomic mass is 16.7. The zero-order valence-corrected chi connectivity index (χ0v) is 47.8. The summed E-state index contributed by atoms with van der Waals surface area (Å²) in [7, 11) is 0. The molecule has 1 saturated heterocycles. The van der Waals surface area contributed by atoms with Gasteiger partial charge in [-0.1, -0.05) is 211 Å². The van der Waals surface area contributed by atoms with Crippen LogP contribution >= 0.6 is 0 Å². The fraction of sp³-hybridized carbons (Fsp3) is 0.810. The Hall–Kier alpha value is -3.32. The Kier molecular flexibility index (Phi) is 47.8. The number of carbonyl (C=O) groups is 4. The molecule has 1 fully saturated rings. The van der Waals surface area contributed by atoms with Gasteiger partial charge >= 0.3 is 23.9 Å². The molecule has 434 valence electrons. The summed E-state index contributed by atoms with van der Waals surface area (Å²) in [5, 5.41) is 31.5. The minimum absolute atomic E-state index is 0.0573. The van der Waals surface area contributed by atoms with Crippen molar-refractivity contribution in [2.45, 2.75) is 314 Å². The number of rotatable bonds is 52. The molecule has 0 aromatic rings. The number of aliphatic hydroxyl groups excluding tert-OH is 2. The maximum absolute atomic E-state index is 13.1. The Bertz CT molecular complexity index is 1490. The van der Waals surface area contributed by atoms with E-state index in [0.29, 0.717) is 19.3 Å². The highest BCUT2D eigenvalue weighted by molar-refractivity contribution is 5.74. The van der Waals surface area contributed by atoms with Crippen LogP contribution in [0, 0.1) is 0 Å². The van der Waals surface area contributed by atoms with Crippen LogP contribution in [0.4, 0.5) is 0 Å². The monoisotopic (exact) mass is 1060 g/mol. The lowest BCUT2D eigenvalue weighted by molar-refractivity contribution is -0.301. The van der Waals surface area contributed by atoms with Gasteiger partial charge in [-0.2, -0.15) is 0 Å². The van der Waals surface area contributed by atoms with Crippen LogP contribution in [0.5, 0.6) is 0 Å². The second kappa shape index (κ2) is 51.4. The molecule has 12 heteroatoms. The van der Waals surface area contributed by atoms with Gasteiger partial charge in [-0.25, -0.2) is 4.79 Å². The Morgan fingerprint density at radius 1 is 0.440 bits per heavy atom. The quantitative estimate of drug-likeness (QED) is 0.0228. The minimum Gasteiger partial charge on any atom is -0.479 e. The first-order chi connectivity index (χ1) is 36.6. The Morgan fingerprint density at radius 2 is 0.813 bits per heavy atom. The third-order valence-corrected chi connectivity index (χ3v) is 13.8. The van der Waals surface area contributed by atoms with Crippen molar-refractivity contribution in [3.63, 3.8) is 0 Å². The van der Waals surface area contributed by atoms with Crippen molar-refractivity contribution in [1.29, 1.82) is 0 Å². The predicted octanol–water partition coefficient (Wildman–Crippen LogP) is 15.8. The van der Waals surface area contributed by atoms with E-state index in [1.165, 1.54) is 103 Å². The molecule has 0 aliphatic carbocycles. The number of hydrogen-bond acceptors (Lipinski definition) is 11. The summed E-state index contributed by atoms with van der Waals surface area (Å²) in [6.45, 7) is 5.92. The van der Waals surface area contributed by atoms with Gasteiger partial charge in [0.2, 0.25) is 0 Å². The third-order valence-electron chi connectivity index (χ3n) is 13.8. The summed E-state index contributed by atoms with van der Waals surface area (Å²) in [6.07, 6.45) is 49.4. The van der Waals surface area contributed by atoms with Crippen LogP contribution < -0.4 is 0 Å². The van der Waals surface area contributed by atoms with Crippen LogP contribution in [0.1, 0.15) is 278 Å². The van der Waals surface area contributed by atoms with E-state index in [2.05, 4.69) is 69.4 Å². The SMILES string of the molecule is CCCC/C=C\CCCCCCCC(=O)OC(COC(=O)CCCCCCC/C=C\C/C=C\CCCCC)COC1OC(C(=O)O)C(O)C(O)C1OC(=O)CCCCCCCCCCC/C=C\CCCCCCCC. The fourth-order valence-electron chi connectivity index (χ4n) is 9.08. The molecule has 1 aliphatic heterocycles. The van der Waals surface area contributed by atoms with Crippen LogP contribution in [0.2, 0.25) is 0 Å². The summed E-state index contributed by atoms with van der Waals surface area (Å²) in [4.78, 5) is 51.1. The minimum atomic E-state index is -1.91. The van der Waals surface area contributed by atoms with Crippen LogP contribution in [0.15, 0.2) is 48.6 Å². The molecule has 1 aliphatic rings. The molecule has 0 saturated carbocycles. The molecule has 75 heavy (non-hydrogen) atoms. The molecule has 0 radical (unpaired) electrons. The topological polar surface area (TPSA) is 175 Å². The van der Waals surface area contributed by atoms with Crippen LogP contribution in [0.25, 0.3) is 0 Å². The second-order valence-corrected chi connectivity index (χ2v) is 21.0. The zero-order chi connectivity index (χ0) is 54.7. The van der Waals surface area contributed by atoms with Crippen molar-refractivity contribution in [3.05, 3.63) is 48.6 Å². The molecule has 0 amide bonds. The molecule has 6 unspecified atom stereocenters. The van der Waals surface area contributed by atoms with E-state index in [4.69, 9.17) is 23.7 Å². The molecule has 3 N–H and O–H groups in total. The smallest absolute Gasteiger partial charge is 0.335 e. The summed E-state index contributed by atoms with van der Waals surface area (Å²) in [6, 6.07) is 0. The van der Waals surface area contributed by atoms with Gasteiger partial charge in [0.1, 0.15) is 18.8 Å². The van der Waals surface area contributed by atoms with Crippen LogP contribution in [-0.4, -0.2) is 89.2 Å². The number of esters is 3. The highest BCUT2D eigenvalue weighted by Gasteiger charge is 2.50. The van der Waals surface area contributed by atoms with Gasteiger partial charge in [0.15, 0.2) is 24.6 Å². The van der Waals surface area contributed by atoms with Crippen LogP contribution in [-0.2, 0) is 42.9 Å². The number of ether oxygens (including phenoxy) is 5. The molecule has 1 rings (SSSR count). The number of aliphatic hydroxyl groups is 2. The molecule has 12 nitrogen and oxygen atoms in total. The van der Waals surface area contributed by atoms with E-state index in [-0.39, 0.29) is 25.9 Å². The van der Waals surface area contributed by atoms with Crippen molar-refractivity contribution in [3.8, 4) is 0 Å². The first kappa shape index (κ1) is 69.7. The summed E-state index contributed by atoms with van der Waals surface area (Å²) >= 11 is 0. The predicted molar refractivity (Wildman–Crippen MR) is 303 cm³/mol. The largest absolute Gasteiger partial charge is 0.479 e. The number of hydrogen-bond donors (Lipinski definition) is 3. The van der Waals surface area contributed by atoms with Crippen molar-refractivity contribution in [1.82, 2.24) is 0 Å². The van der Waals surface area contributed by atoms with Gasteiger partial charge in [-0.15, -0.1) is 0 Å². The van der Waals surface area contributed by atoms with E-state index in [9.17, 15) is 34.5 Å². The van der Waals surface area contributed by atoms with Gasteiger partial charge in [-0.05, 0) is 96.3 Å². The summed E-state index contributed by atoms with van der Waals surface area (Å²) < 4.78 is 28.4. The van der Waals surface area contributed by atoms with Gasteiger partial charge in [-0.3, -0.25) is 14.4 Å². The average Bonchev–Trinajstić information content (AvgIpc) is 3.39. The van der Waals surface area contributed by atoms with Gasteiger partial charge < -0.3 is 39.0 Å². The summed E-state index contributed by atoms with van der Waals surface area (Å²) in [5.74, 6) is -3.14. The van der Waals surface area contributed by atoms with Crippen molar-refractivity contribution < 1.29 is 58.2 Å². The first-order valence-corrected chi connectivity index (χ1v) is 30.6. The van der Waals surface area contributed by atoms with Gasteiger partial charge in [0.05, 0.1) is 6.61 Å². The van der Waals surface area contributed by atoms with Crippen LogP contribution in [0.3, 0.4) is 0 Å². The number of carboxylic acid groups (broad SMARTS) is 1. The van der Waals surface area contributed by atoms with E-state index < -0.39 is 67.3 Å². The molecule has 0 aromatic heterocycles. The number of aliphatic carboxylic acids is 1. The Balaban J connectivity index is 2.65. The summed E-state index contributed by atoms with van der Waals surface area (Å²) in [5.41, 5.74) is 0. The molecular formula is C63H110O12. The molecule has 0 bridgehead atoms. The number of allylic oxidation sites excluding steroid dienone is 8. The second-order valence-electron chi connectivity index (χ2n) is 21.0. The maximum Gasteiger partial charge on any atom is 0.335 e. The number of carboxylic acids is 1. The van der Waals surface area contributed by atoms with E-state index >= 15 is 0 Å². The molecule has 6 atom stereocenters. The first-order valence-electron chi connectivity index (χ1n) is 30.6. The molecular weight excluding hydrogens is 949 g/mol.